The normalized spacial score (nSPS) is 17.2. The first-order valence-electron chi connectivity index (χ1n) is 10.1. The summed E-state index contributed by atoms with van der Waals surface area (Å²) in [4.78, 5) is 24.7. The Labute approximate surface area is 184 Å². The number of nitrogens with zero attached hydrogens (tertiary/aromatic N) is 4. The molecular formula is C22H25F4N5O. The zero-order valence-electron chi connectivity index (χ0n) is 18.1. The third kappa shape index (κ3) is 5.17. The lowest BCUT2D eigenvalue weighted by Gasteiger charge is -2.26. The summed E-state index contributed by atoms with van der Waals surface area (Å²) in [7, 11) is 1.95. The van der Waals surface area contributed by atoms with Crippen LogP contribution < -0.4 is 5.32 Å². The van der Waals surface area contributed by atoms with Crippen molar-refractivity contribution in [1.29, 1.82) is 0 Å². The van der Waals surface area contributed by atoms with Gasteiger partial charge in [0.25, 0.3) is 5.91 Å². The van der Waals surface area contributed by atoms with Gasteiger partial charge in [-0.3, -0.25) is 4.79 Å². The van der Waals surface area contributed by atoms with E-state index in [4.69, 9.17) is 0 Å². The largest absolute Gasteiger partial charge is 0.416 e. The predicted molar refractivity (Wildman–Crippen MR) is 112 cm³/mol. The Morgan fingerprint density at radius 1 is 1.31 bits per heavy atom. The monoisotopic (exact) mass is 451 g/mol. The molecule has 32 heavy (non-hydrogen) atoms. The van der Waals surface area contributed by atoms with E-state index in [-0.39, 0.29) is 23.5 Å². The minimum absolute atomic E-state index is 0.0477. The molecule has 1 saturated heterocycles. The van der Waals surface area contributed by atoms with Crippen molar-refractivity contribution < 1.29 is 22.4 Å². The summed E-state index contributed by atoms with van der Waals surface area (Å²) in [5.74, 6) is -1.03. The first-order valence-corrected chi connectivity index (χ1v) is 10.1. The molecule has 2 atom stereocenters. The molecule has 2 aromatic rings. The molecule has 0 aliphatic carbocycles. The average Bonchev–Trinajstić information content (AvgIpc) is 3.22. The van der Waals surface area contributed by atoms with E-state index in [9.17, 15) is 22.4 Å². The molecule has 1 aromatic heterocycles. The molecule has 1 fully saturated rings. The van der Waals surface area contributed by atoms with Gasteiger partial charge in [-0.15, -0.1) is 0 Å². The van der Waals surface area contributed by atoms with Crippen LogP contribution >= 0.6 is 0 Å². The van der Waals surface area contributed by atoms with Crippen molar-refractivity contribution in [2.45, 2.75) is 38.5 Å². The molecule has 3 rings (SSSR count). The van der Waals surface area contributed by atoms with Crippen LogP contribution in [0.25, 0.3) is 0 Å². The predicted octanol–water partition coefficient (Wildman–Crippen LogP) is 4.49. The Hall–Kier alpha value is -3.17. The van der Waals surface area contributed by atoms with Gasteiger partial charge in [0.15, 0.2) is 0 Å². The van der Waals surface area contributed by atoms with Crippen molar-refractivity contribution in [2.24, 2.45) is 0 Å². The fraction of sp³-hybridized carbons (Fsp3) is 0.409. The van der Waals surface area contributed by atoms with Crippen LogP contribution in [0.15, 0.2) is 42.9 Å². The minimum atomic E-state index is -4.61. The summed E-state index contributed by atoms with van der Waals surface area (Å²) >= 11 is 0. The van der Waals surface area contributed by atoms with E-state index in [1.807, 2.05) is 14.0 Å². The van der Waals surface area contributed by atoms with Gasteiger partial charge in [0.1, 0.15) is 5.82 Å². The van der Waals surface area contributed by atoms with Gasteiger partial charge in [-0.1, -0.05) is 12.6 Å². The van der Waals surface area contributed by atoms with Crippen molar-refractivity contribution in [3.05, 3.63) is 65.4 Å². The summed E-state index contributed by atoms with van der Waals surface area (Å²) in [6, 6.07) is 1.89. The third-order valence-electron chi connectivity index (χ3n) is 5.64. The summed E-state index contributed by atoms with van der Waals surface area (Å²) in [5.41, 5.74) is 0.249. The number of likely N-dealkylation sites (N-methyl/N-ethyl adjacent to an activating group) is 1. The number of likely N-dealkylation sites (tertiary alicyclic amines) is 1. The van der Waals surface area contributed by atoms with E-state index in [1.165, 1.54) is 12.4 Å². The highest BCUT2D eigenvalue weighted by Gasteiger charge is 2.32. The molecule has 0 spiro atoms. The average molecular weight is 451 g/mol. The summed E-state index contributed by atoms with van der Waals surface area (Å²) in [6.45, 7) is 8.62. The van der Waals surface area contributed by atoms with Gasteiger partial charge in [0, 0.05) is 49.8 Å². The van der Waals surface area contributed by atoms with E-state index >= 15 is 0 Å². The van der Waals surface area contributed by atoms with Crippen LogP contribution in [0.4, 0.5) is 23.5 Å². The van der Waals surface area contributed by atoms with E-state index in [0.717, 1.165) is 24.3 Å². The van der Waals surface area contributed by atoms with Crippen LogP contribution in [0.1, 0.15) is 47.8 Å². The lowest BCUT2D eigenvalue weighted by atomic mass is 10.0. The van der Waals surface area contributed by atoms with Gasteiger partial charge in [-0.25, -0.2) is 14.4 Å². The number of hydrogen-bond donors (Lipinski definition) is 1. The summed E-state index contributed by atoms with van der Waals surface area (Å²) < 4.78 is 52.3. The second-order valence-corrected chi connectivity index (χ2v) is 7.94. The molecule has 6 nitrogen and oxygen atoms in total. The van der Waals surface area contributed by atoms with Crippen molar-refractivity contribution in [3.63, 3.8) is 0 Å². The van der Waals surface area contributed by atoms with Crippen LogP contribution in [0.2, 0.25) is 0 Å². The number of aromatic nitrogens is 2. The second kappa shape index (κ2) is 9.13. The Balaban J connectivity index is 1.64. The molecule has 1 amide bonds. The maximum absolute atomic E-state index is 14.2. The lowest BCUT2D eigenvalue weighted by Crippen LogP contribution is -2.35. The fourth-order valence-electron chi connectivity index (χ4n) is 3.58. The van der Waals surface area contributed by atoms with Crippen LogP contribution in [-0.4, -0.2) is 51.9 Å². The van der Waals surface area contributed by atoms with Crippen molar-refractivity contribution >= 4 is 11.9 Å². The van der Waals surface area contributed by atoms with Gasteiger partial charge in [0.2, 0.25) is 5.95 Å². The fourth-order valence-corrected chi connectivity index (χ4v) is 3.58. The molecular weight excluding hydrogens is 426 g/mol. The van der Waals surface area contributed by atoms with Crippen molar-refractivity contribution in [3.8, 4) is 0 Å². The zero-order valence-corrected chi connectivity index (χ0v) is 18.1. The molecule has 2 heterocycles. The van der Waals surface area contributed by atoms with Crippen LogP contribution in [0.3, 0.4) is 0 Å². The number of hydrogen-bond acceptors (Lipinski definition) is 5. The standard InChI is InChI=1S/C22H25F4N5O/c1-13(2)30(4)17-7-8-31(12-17)20(32)15-10-27-21(28-11-15)29-14(3)18-6-5-16(9-19(18)23)22(24,25)26/h5-6,9-11,14,17H,1,7-8,12H2,2-4H3,(H,27,28,29). The highest BCUT2D eigenvalue weighted by molar-refractivity contribution is 5.93. The van der Waals surface area contributed by atoms with Crippen LogP contribution in [0.5, 0.6) is 0 Å². The Morgan fingerprint density at radius 3 is 2.53 bits per heavy atom. The van der Waals surface area contributed by atoms with E-state index < -0.39 is 23.6 Å². The van der Waals surface area contributed by atoms with Crippen LogP contribution in [0, 0.1) is 5.82 Å². The maximum atomic E-state index is 14.2. The molecule has 1 aliphatic rings. The molecule has 1 N–H and O–H groups in total. The molecule has 0 bridgehead atoms. The number of alkyl halides is 3. The maximum Gasteiger partial charge on any atom is 0.416 e. The summed E-state index contributed by atoms with van der Waals surface area (Å²) in [5, 5.41) is 2.84. The number of carbonyl (C=O) groups excluding carboxylic acids is 1. The Kier molecular flexibility index (Phi) is 6.71. The van der Waals surface area contributed by atoms with Gasteiger partial charge < -0.3 is 15.1 Å². The summed E-state index contributed by atoms with van der Waals surface area (Å²) in [6.07, 6.45) is -1.02. The molecule has 0 saturated carbocycles. The number of nitrogens with one attached hydrogen (secondary N) is 1. The van der Waals surface area contributed by atoms with Crippen LogP contribution in [-0.2, 0) is 6.18 Å². The quantitative estimate of drug-likeness (QED) is 0.656. The number of rotatable bonds is 6. The van der Waals surface area contributed by atoms with E-state index in [1.54, 1.807) is 11.8 Å². The SMILES string of the molecule is C=C(C)N(C)C1CCN(C(=O)c2cnc(NC(C)c3ccc(C(F)(F)F)cc3F)nc2)C1. The molecule has 172 valence electrons. The number of carbonyl (C=O) groups is 1. The van der Waals surface area contributed by atoms with Gasteiger partial charge in [0.05, 0.1) is 17.2 Å². The number of benzene rings is 1. The molecule has 1 aliphatic heterocycles. The highest BCUT2D eigenvalue weighted by Crippen LogP contribution is 2.31. The molecule has 0 radical (unpaired) electrons. The van der Waals surface area contributed by atoms with Gasteiger partial charge in [-0.2, -0.15) is 13.2 Å². The van der Waals surface area contributed by atoms with Crippen molar-refractivity contribution in [2.75, 3.05) is 25.5 Å². The molecule has 10 heteroatoms. The number of halogens is 4. The number of amides is 1. The van der Waals surface area contributed by atoms with E-state index in [0.29, 0.717) is 24.7 Å². The molecule has 2 unspecified atom stereocenters. The van der Waals surface area contributed by atoms with Gasteiger partial charge in [-0.05, 0) is 32.4 Å². The first-order chi connectivity index (χ1) is 15.0. The molecule has 1 aromatic carbocycles. The first kappa shape index (κ1) is 23.5. The van der Waals surface area contributed by atoms with E-state index in [2.05, 4.69) is 26.8 Å². The topological polar surface area (TPSA) is 61.4 Å². The third-order valence-corrected chi connectivity index (χ3v) is 5.64. The Morgan fingerprint density at radius 2 is 1.97 bits per heavy atom. The number of allylic oxidation sites excluding steroid dienone is 1. The zero-order chi connectivity index (χ0) is 23.6. The minimum Gasteiger partial charge on any atom is -0.374 e. The van der Waals surface area contributed by atoms with Gasteiger partial charge >= 0.3 is 6.18 Å². The Bertz CT molecular complexity index is 993. The second-order valence-electron chi connectivity index (χ2n) is 7.94. The smallest absolute Gasteiger partial charge is 0.374 e. The highest BCUT2D eigenvalue weighted by atomic mass is 19.4. The number of anilines is 1. The lowest BCUT2D eigenvalue weighted by molar-refractivity contribution is -0.137. The van der Waals surface area contributed by atoms with Crippen molar-refractivity contribution in [1.82, 2.24) is 19.8 Å².